The Morgan fingerprint density at radius 3 is 2.40 bits per heavy atom. The molecule has 0 spiro atoms. The standard InChI is InChI=1S/C15H20/c1-11-9-10-12(2)15(13(11)3)14-7-5-4-6-8-14/h4-8,10-11,13,15H,9H2,1-3H3/t11-,13+,15?/m0/s1. The van der Waals surface area contributed by atoms with Gasteiger partial charge in [0.05, 0.1) is 0 Å². The van der Waals surface area contributed by atoms with E-state index in [9.17, 15) is 0 Å². The molecule has 1 aliphatic carbocycles. The van der Waals surface area contributed by atoms with Crippen LogP contribution in [0, 0.1) is 11.8 Å². The first-order valence-electron chi connectivity index (χ1n) is 5.91. The van der Waals surface area contributed by atoms with Gasteiger partial charge in [-0.2, -0.15) is 0 Å². The molecule has 3 atom stereocenters. The Morgan fingerprint density at radius 1 is 1.07 bits per heavy atom. The molecule has 0 nitrogen and oxygen atoms in total. The molecule has 0 heterocycles. The second-order valence-electron chi connectivity index (χ2n) is 4.91. The summed E-state index contributed by atoms with van der Waals surface area (Å²) >= 11 is 0. The van der Waals surface area contributed by atoms with Crippen molar-refractivity contribution in [2.45, 2.75) is 33.1 Å². The summed E-state index contributed by atoms with van der Waals surface area (Å²) in [6, 6.07) is 10.9. The first kappa shape index (κ1) is 10.5. The highest BCUT2D eigenvalue weighted by Crippen LogP contribution is 2.40. The minimum absolute atomic E-state index is 0.634. The largest absolute Gasteiger partial charge is 0.0847 e. The number of hydrogen-bond donors (Lipinski definition) is 0. The van der Waals surface area contributed by atoms with Crippen LogP contribution in [0.4, 0.5) is 0 Å². The molecule has 2 rings (SSSR count). The van der Waals surface area contributed by atoms with Gasteiger partial charge in [0, 0.05) is 5.92 Å². The average Bonchev–Trinajstić information content (AvgIpc) is 2.26. The Balaban J connectivity index is 2.35. The normalized spacial score (nSPS) is 31.1. The number of rotatable bonds is 1. The zero-order chi connectivity index (χ0) is 10.8. The van der Waals surface area contributed by atoms with Gasteiger partial charge in [0.25, 0.3) is 0 Å². The van der Waals surface area contributed by atoms with E-state index in [1.807, 2.05) is 0 Å². The van der Waals surface area contributed by atoms with Gasteiger partial charge in [0.15, 0.2) is 0 Å². The van der Waals surface area contributed by atoms with E-state index in [2.05, 4.69) is 57.2 Å². The summed E-state index contributed by atoms with van der Waals surface area (Å²) in [7, 11) is 0. The van der Waals surface area contributed by atoms with Crippen molar-refractivity contribution in [3.05, 3.63) is 47.5 Å². The SMILES string of the molecule is CC1=CC[C@H](C)[C@@H](C)C1c1ccccc1. The first-order valence-corrected chi connectivity index (χ1v) is 5.91. The second-order valence-corrected chi connectivity index (χ2v) is 4.91. The third-order valence-corrected chi connectivity index (χ3v) is 3.88. The summed E-state index contributed by atoms with van der Waals surface area (Å²) < 4.78 is 0. The Labute approximate surface area is 93.0 Å². The fourth-order valence-electron chi connectivity index (χ4n) is 2.68. The topological polar surface area (TPSA) is 0 Å². The lowest BCUT2D eigenvalue weighted by Crippen LogP contribution is -2.22. The van der Waals surface area contributed by atoms with E-state index in [-0.39, 0.29) is 0 Å². The lowest BCUT2D eigenvalue weighted by atomic mass is 9.71. The first-order chi connectivity index (χ1) is 7.20. The maximum Gasteiger partial charge on any atom is 0.00736 e. The highest BCUT2D eigenvalue weighted by molar-refractivity contribution is 5.30. The Bertz CT molecular complexity index is 348. The van der Waals surface area contributed by atoms with Crippen LogP contribution in [-0.4, -0.2) is 0 Å². The molecule has 15 heavy (non-hydrogen) atoms. The molecular weight excluding hydrogens is 180 g/mol. The summed E-state index contributed by atoms with van der Waals surface area (Å²) in [4.78, 5) is 0. The van der Waals surface area contributed by atoms with Gasteiger partial charge in [0.1, 0.15) is 0 Å². The van der Waals surface area contributed by atoms with Gasteiger partial charge in [-0.15, -0.1) is 0 Å². The predicted octanol–water partition coefficient (Wildman–Crippen LogP) is 4.39. The molecule has 1 aromatic rings. The average molecular weight is 200 g/mol. The lowest BCUT2D eigenvalue weighted by Gasteiger charge is -2.34. The van der Waals surface area contributed by atoms with Crippen LogP contribution in [0.5, 0.6) is 0 Å². The van der Waals surface area contributed by atoms with Crippen molar-refractivity contribution in [3.63, 3.8) is 0 Å². The fraction of sp³-hybridized carbons (Fsp3) is 0.467. The zero-order valence-corrected chi connectivity index (χ0v) is 9.90. The van der Waals surface area contributed by atoms with Crippen LogP contribution in [0.2, 0.25) is 0 Å². The Kier molecular flexibility index (Phi) is 2.95. The van der Waals surface area contributed by atoms with Crippen LogP contribution in [0.3, 0.4) is 0 Å². The van der Waals surface area contributed by atoms with Gasteiger partial charge < -0.3 is 0 Å². The molecule has 0 amide bonds. The predicted molar refractivity (Wildman–Crippen MR) is 65.9 cm³/mol. The molecular formula is C15H20. The van der Waals surface area contributed by atoms with Gasteiger partial charge >= 0.3 is 0 Å². The summed E-state index contributed by atoms with van der Waals surface area (Å²) in [6.45, 7) is 7.03. The molecule has 0 radical (unpaired) electrons. The molecule has 0 fully saturated rings. The molecule has 0 aromatic heterocycles. The van der Waals surface area contributed by atoms with Crippen LogP contribution in [0.1, 0.15) is 38.7 Å². The zero-order valence-electron chi connectivity index (χ0n) is 9.90. The third-order valence-electron chi connectivity index (χ3n) is 3.88. The van der Waals surface area contributed by atoms with Crippen molar-refractivity contribution in [1.82, 2.24) is 0 Å². The van der Waals surface area contributed by atoms with Gasteiger partial charge in [0.2, 0.25) is 0 Å². The van der Waals surface area contributed by atoms with Crippen LogP contribution >= 0.6 is 0 Å². The highest BCUT2D eigenvalue weighted by Gasteiger charge is 2.28. The molecule has 1 aliphatic rings. The fourth-order valence-corrected chi connectivity index (χ4v) is 2.68. The molecule has 0 N–H and O–H groups in total. The van der Waals surface area contributed by atoms with E-state index in [1.54, 1.807) is 5.57 Å². The van der Waals surface area contributed by atoms with Crippen molar-refractivity contribution in [1.29, 1.82) is 0 Å². The van der Waals surface area contributed by atoms with Gasteiger partial charge in [-0.1, -0.05) is 55.8 Å². The molecule has 0 saturated carbocycles. The molecule has 0 aliphatic heterocycles. The molecule has 0 heteroatoms. The smallest absolute Gasteiger partial charge is 0.00736 e. The summed E-state index contributed by atoms with van der Waals surface area (Å²) in [5.41, 5.74) is 3.03. The number of benzene rings is 1. The minimum atomic E-state index is 0.634. The molecule has 0 bridgehead atoms. The Hall–Kier alpha value is -1.04. The van der Waals surface area contributed by atoms with Crippen molar-refractivity contribution in [3.8, 4) is 0 Å². The summed E-state index contributed by atoms with van der Waals surface area (Å²) in [5, 5.41) is 0. The monoisotopic (exact) mass is 200 g/mol. The van der Waals surface area contributed by atoms with Gasteiger partial charge in [-0.25, -0.2) is 0 Å². The van der Waals surface area contributed by atoms with E-state index in [0.29, 0.717) is 5.92 Å². The molecule has 80 valence electrons. The minimum Gasteiger partial charge on any atom is -0.0847 e. The lowest BCUT2D eigenvalue weighted by molar-refractivity contribution is 0.332. The van der Waals surface area contributed by atoms with Crippen molar-refractivity contribution >= 4 is 0 Å². The van der Waals surface area contributed by atoms with E-state index in [0.717, 1.165) is 11.8 Å². The van der Waals surface area contributed by atoms with Crippen LogP contribution in [0.25, 0.3) is 0 Å². The maximum absolute atomic E-state index is 2.42. The number of hydrogen-bond acceptors (Lipinski definition) is 0. The van der Waals surface area contributed by atoms with E-state index in [1.165, 1.54) is 12.0 Å². The summed E-state index contributed by atoms with van der Waals surface area (Å²) in [6.07, 6.45) is 3.67. The second kappa shape index (κ2) is 4.22. The maximum atomic E-state index is 2.42. The quantitative estimate of drug-likeness (QED) is 0.590. The van der Waals surface area contributed by atoms with Crippen molar-refractivity contribution in [2.24, 2.45) is 11.8 Å². The summed E-state index contributed by atoms with van der Waals surface area (Å²) in [5.74, 6) is 2.20. The van der Waals surface area contributed by atoms with Crippen LogP contribution < -0.4 is 0 Å². The Morgan fingerprint density at radius 2 is 1.73 bits per heavy atom. The van der Waals surface area contributed by atoms with Crippen molar-refractivity contribution in [2.75, 3.05) is 0 Å². The van der Waals surface area contributed by atoms with E-state index in [4.69, 9.17) is 0 Å². The molecule has 1 unspecified atom stereocenters. The molecule has 0 saturated heterocycles. The van der Waals surface area contributed by atoms with Crippen molar-refractivity contribution < 1.29 is 0 Å². The van der Waals surface area contributed by atoms with E-state index < -0.39 is 0 Å². The van der Waals surface area contributed by atoms with E-state index >= 15 is 0 Å². The van der Waals surface area contributed by atoms with Gasteiger partial charge in [-0.3, -0.25) is 0 Å². The van der Waals surface area contributed by atoms with Crippen LogP contribution in [0.15, 0.2) is 42.0 Å². The molecule has 1 aromatic carbocycles. The third kappa shape index (κ3) is 1.99. The van der Waals surface area contributed by atoms with Crippen LogP contribution in [-0.2, 0) is 0 Å². The van der Waals surface area contributed by atoms with Gasteiger partial charge in [-0.05, 0) is 30.7 Å². The number of allylic oxidation sites excluding steroid dienone is 2. The highest BCUT2D eigenvalue weighted by atomic mass is 14.3.